The molecule has 0 spiro atoms. The molecule has 2 N–H and O–H groups in total. The molecule has 0 aromatic heterocycles. The van der Waals surface area contributed by atoms with Gasteiger partial charge in [0, 0.05) is 6.08 Å². The van der Waals surface area contributed by atoms with Gasteiger partial charge >= 0.3 is 6.41 Å². The number of hydrogen-bond acceptors (Lipinski definition) is 4. The summed E-state index contributed by atoms with van der Waals surface area (Å²) in [6.07, 6.45) is 3.80. The Bertz CT molecular complexity index is 478. The van der Waals surface area contributed by atoms with Gasteiger partial charge < -0.3 is 0 Å². The lowest BCUT2D eigenvalue weighted by Gasteiger charge is -2.14. The summed E-state index contributed by atoms with van der Waals surface area (Å²) < 4.78 is -0.905. The average Bonchev–Trinajstić information content (AvgIpc) is 2.51. The maximum atomic E-state index is 10.7. The molecule has 0 fully saturated rings. The van der Waals surface area contributed by atoms with Gasteiger partial charge in [0.05, 0.1) is 5.69 Å². The van der Waals surface area contributed by atoms with Crippen LogP contribution in [-0.4, -0.2) is 29.1 Å². The third-order valence-corrected chi connectivity index (χ3v) is 2.33. The smallest absolute Gasteiger partial charge is 0.272 e. The number of para-hydroxylation sites is 1. The van der Waals surface area contributed by atoms with E-state index in [0.29, 0.717) is 6.41 Å². The first-order valence-corrected chi connectivity index (χ1v) is 4.80. The fourth-order valence-electron chi connectivity index (χ4n) is 1.37. The first kappa shape index (κ1) is 10.5. The Morgan fingerprint density at radius 3 is 2.88 bits per heavy atom. The van der Waals surface area contributed by atoms with Crippen LogP contribution in [0.2, 0.25) is 0 Å². The van der Waals surface area contributed by atoms with E-state index in [0.717, 1.165) is 11.3 Å². The number of amidine groups is 1. The van der Waals surface area contributed by atoms with E-state index in [2.05, 4.69) is 10.5 Å². The van der Waals surface area contributed by atoms with E-state index in [9.17, 15) is 10.0 Å². The Kier molecular flexibility index (Phi) is 2.55. The number of likely N-dealkylation sites (N-methyl/N-ethyl adjacent to an activating group) is 1. The van der Waals surface area contributed by atoms with Gasteiger partial charge in [-0.15, -0.1) is 5.10 Å². The van der Waals surface area contributed by atoms with Gasteiger partial charge in [-0.1, -0.05) is 22.8 Å². The second kappa shape index (κ2) is 3.88. The fraction of sp³-hybridized carbons (Fsp3) is 0.0909. The molecule has 1 aliphatic heterocycles. The first-order chi connectivity index (χ1) is 7.63. The van der Waals surface area contributed by atoms with Gasteiger partial charge in [0.2, 0.25) is 0 Å². The van der Waals surface area contributed by atoms with E-state index in [1.54, 1.807) is 12.2 Å². The number of hydrogen-bond donors (Lipinski definition) is 2. The molecule has 1 amide bonds. The molecule has 1 atom stereocenters. The largest absolute Gasteiger partial charge is 0.339 e. The normalized spacial score (nSPS) is 17.5. The molecule has 82 valence electrons. The monoisotopic (exact) mass is 218 g/mol. The summed E-state index contributed by atoms with van der Waals surface area (Å²) in [6, 6.07) is 7.57. The average molecular weight is 218 g/mol. The van der Waals surface area contributed by atoms with Crippen LogP contribution < -0.4 is 5.43 Å². The van der Waals surface area contributed by atoms with Crippen molar-refractivity contribution in [3.05, 3.63) is 35.9 Å². The summed E-state index contributed by atoms with van der Waals surface area (Å²) in [7, 11) is 1.34. The maximum absolute atomic E-state index is 10.7. The predicted molar refractivity (Wildman–Crippen MR) is 60.6 cm³/mol. The Balaban J connectivity index is 2.38. The van der Waals surface area contributed by atoms with Crippen LogP contribution >= 0.6 is 0 Å². The minimum Gasteiger partial charge on any atom is -0.272 e. The Morgan fingerprint density at radius 1 is 1.38 bits per heavy atom. The van der Waals surface area contributed by atoms with Crippen molar-refractivity contribution in [3.8, 4) is 0 Å². The number of nitrogens with one attached hydrogen (secondary N) is 1. The third kappa shape index (κ3) is 1.86. The number of quaternary nitrogens is 1. The Morgan fingerprint density at radius 2 is 2.12 bits per heavy atom. The molecule has 0 bridgehead atoms. The van der Waals surface area contributed by atoms with Gasteiger partial charge in [0.25, 0.3) is 5.84 Å². The van der Waals surface area contributed by atoms with Gasteiger partial charge in [-0.3, -0.25) is 5.43 Å². The number of anilines is 1. The van der Waals surface area contributed by atoms with Crippen molar-refractivity contribution < 1.29 is 14.6 Å². The first-order valence-electron chi connectivity index (χ1n) is 4.80. The van der Waals surface area contributed by atoms with Crippen LogP contribution in [0.1, 0.15) is 5.56 Å². The van der Waals surface area contributed by atoms with Gasteiger partial charge in [-0.25, -0.2) is 10.0 Å². The van der Waals surface area contributed by atoms with E-state index >= 15 is 0 Å². The topological polar surface area (TPSA) is 61.7 Å². The van der Waals surface area contributed by atoms with Crippen LogP contribution in [0.15, 0.2) is 35.4 Å². The molecule has 0 aliphatic carbocycles. The molecule has 5 nitrogen and oxygen atoms in total. The van der Waals surface area contributed by atoms with Crippen molar-refractivity contribution in [2.75, 3.05) is 12.5 Å². The number of carbonyl (C=O) groups is 1. The molecule has 1 unspecified atom stereocenters. The number of hydroxylamine groups is 3. The van der Waals surface area contributed by atoms with E-state index in [-0.39, 0.29) is 5.84 Å². The molecular formula is C11H12N3O2+. The summed E-state index contributed by atoms with van der Waals surface area (Å²) in [6.45, 7) is 0. The molecular weight excluding hydrogens is 206 g/mol. The summed E-state index contributed by atoms with van der Waals surface area (Å²) in [5.41, 5.74) is 4.59. The van der Waals surface area contributed by atoms with Crippen LogP contribution in [0.25, 0.3) is 6.08 Å². The quantitative estimate of drug-likeness (QED) is 0.324. The lowest BCUT2D eigenvalue weighted by molar-refractivity contribution is -0.941. The van der Waals surface area contributed by atoms with E-state index in [4.69, 9.17) is 0 Å². The summed E-state index contributed by atoms with van der Waals surface area (Å²) in [5.74, 6) is 0.228. The highest BCUT2D eigenvalue weighted by atomic mass is 16.6. The maximum Gasteiger partial charge on any atom is 0.339 e. The van der Waals surface area contributed by atoms with Crippen molar-refractivity contribution in [2.45, 2.75) is 0 Å². The second-order valence-corrected chi connectivity index (χ2v) is 3.63. The van der Waals surface area contributed by atoms with E-state index < -0.39 is 4.65 Å². The number of nitrogens with zero attached hydrogens (tertiary/aromatic N) is 2. The summed E-state index contributed by atoms with van der Waals surface area (Å²) in [4.78, 5) is 10.7. The van der Waals surface area contributed by atoms with Crippen molar-refractivity contribution in [2.24, 2.45) is 5.10 Å². The van der Waals surface area contributed by atoms with Crippen LogP contribution in [0.3, 0.4) is 0 Å². The van der Waals surface area contributed by atoms with Crippen molar-refractivity contribution in [1.29, 1.82) is 0 Å². The lowest BCUT2D eigenvalue weighted by Crippen LogP contribution is -2.44. The van der Waals surface area contributed by atoms with Crippen LogP contribution in [0.4, 0.5) is 5.69 Å². The number of benzene rings is 1. The van der Waals surface area contributed by atoms with Crippen molar-refractivity contribution >= 4 is 24.0 Å². The zero-order chi connectivity index (χ0) is 11.6. The number of rotatable bonds is 1. The van der Waals surface area contributed by atoms with Crippen molar-refractivity contribution in [3.63, 3.8) is 0 Å². The van der Waals surface area contributed by atoms with Gasteiger partial charge in [0.15, 0.2) is 0 Å². The van der Waals surface area contributed by atoms with E-state index in [1.165, 1.54) is 7.05 Å². The number of amides is 1. The molecule has 0 saturated heterocycles. The standard InChI is InChI=1S/C11H12N3O2/c1-14(16,8-15)11-7-6-9-4-2-3-5-10(9)12-13-11/h2-8,12,16H,1H3/q+1. The highest BCUT2D eigenvalue weighted by Crippen LogP contribution is 2.19. The molecule has 5 heteroatoms. The molecule has 0 radical (unpaired) electrons. The number of fused-ring (bicyclic) bond motifs is 1. The second-order valence-electron chi connectivity index (χ2n) is 3.63. The summed E-state index contributed by atoms with van der Waals surface area (Å²) in [5, 5.41) is 13.7. The molecule has 1 aromatic carbocycles. The van der Waals surface area contributed by atoms with E-state index in [1.807, 2.05) is 24.3 Å². The molecule has 1 aromatic rings. The molecule has 0 saturated carbocycles. The molecule has 1 heterocycles. The minimum atomic E-state index is -0.905. The van der Waals surface area contributed by atoms with Crippen LogP contribution in [0.5, 0.6) is 0 Å². The number of hydrazone groups is 1. The van der Waals surface area contributed by atoms with Gasteiger partial charge in [-0.2, -0.15) is 0 Å². The zero-order valence-corrected chi connectivity index (χ0v) is 8.79. The minimum absolute atomic E-state index is 0.228. The number of carbonyl (C=O) groups excluding carboxylic acids is 1. The third-order valence-electron chi connectivity index (χ3n) is 2.33. The molecule has 16 heavy (non-hydrogen) atoms. The van der Waals surface area contributed by atoms with Gasteiger partial charge in [-0.05, 0) is 17.7 Å². The zero-order valence-electron chi connectivity index (χ0n) is 8.79. The lowest BCUT2D eigenvalue weighted by atomic mass is 10.1. The highest BCUT2D eigenvalue weighted by Gasteiger charge is 2.26. The predicted octanol–water partition coefficient (Wildman–Crippen LogP) is 1.43. The molecule has 1 aliphatic rings. The Labute approximate surface area is 92.9 Å². The molecule has 2 rings (SSSR count). The fourth-order valence-corrected chi connectivity index (χ4v) is 1.37. The SMILES string of the molecule is C[N+](O)(C=O)C1=NNc2ccccc2C=C1. The van der Waals surface area contributed by atoms with Crippen molar-refractivity contribution in [1.82, 2.24) is 0 Å². The van der Waals surface area contributed by atoms with Crippen LogP contribution in [-0.2, 0) is 4.79 Å². The van der Waals surface area contributed by atoms with Crippen LogP contribution in [0, 0.1) is 0 Å². The highest BCUT2D eigenvalue weighted by molar-refractivity contribution is 5.96. The van der Waals surface area contributed by atoms with Gasteiger partial charge in [0.1, 0.15) is 7.05 Å². The Hall–Kier alpha value is -1.98. The summed E-state index contributed by atoms with van der Waals surface area (Å²) >= 11 is 0.